The second-order valence-electron chi connectivity index (χ2n) is 5.60. The van der Waals surface area contributed by atoms with Crippen LogP contribution in [0.15, 0.2) is 29.4 Å². The van der Waals surface area contributed by atoms with Gasteiger partial charge in [-0.2, -0.15) is 14.9 Å². The van der Waals surface area contributed by atoms with Crippen LogP contribution in [0.3, 0.4) is 0 Å². The Morgan fingerprint density at radius 3 is 2.68 bits per heavy atom. The molecule has 0 atom stereocenters. The van der Waals surface area contributed by atoms with Gasteiger partial charge in [-0.25, -0.2) is 4.68 Å². The number of hydrogen-bond acceptors (Lipinski definition) is 6. The summed E-state index contributed by atoms with van der Waals surface area (Å²) in [7, 11) is 0. The van der Waals surface area contributed by atoms with E-state index < -0.39 is 0 Å². The predicted molar refractivity (Wildman–Crippen MR) is 93.6 cm³/mol. The van der Waals surface area contributed by atoms with Gasteiger partial charge < -0.3 is 9.84 Å². The third kappa shape index (κ3) is 3.37. The zero-order valence-corrected chi connectivity index (χ0v) is 14.6. The summed E-state index contributed by atoms with van der Waals surface area (Å²) in [5.74, 6) is 1.68. The summed E-state index contributed by atoms with van der Waals surface area (Å²) in [5, 5.41) is 26.9. The Morgan fingerprint density at radius 2 is 2.00 bits per heavy atom. The van der Waals surface area contributed by atoms with Crippen molar-refractivity contribution >= 4 is 6.21 Å². The maximum atomic E-state index is 9.78. The van der Waals surface area contributed by atoms with E-state index in [4.69, 9.17) is 4.74 Å². The number of rotatable bonds is 5. The first-order valence-electron chi connectivity index (χ1n) is 7.95. The fourth-order valence-electron chi connectivity index (χ4n) is 2.45. The molecule has 0 aliphatic rings. The molecule has 1 aromatic carbocycles. The standard InChI is InChI=1S/C17H20N6O2/c1-5-25-16-9-14(6-7-15(16)24)10-18-23-13(4)19-20-17(23)22-12(3)8-11(2)21-22/h6-10,24H,5H2,1-4H3/b18-10+. The Balaban J connectivity index is 1.96. The van der Waals surface area contributed by atoms with Crippen LogP contribution in [0.1, 0.15) is 29.7 Å². The van der Waals surface area contributed by atoms with Crippen LogP contribution in [0.5, 0.6) is 11.5 Å². The highest BCUT2D eigenvalue weighted by molar-refractivity contribution is 5.80. The molecule has 0 aliphatic heterocycles. The first kappa shape index (κ1) is 16.7. The molecular formula is C17H20N6O2. The normalized spacial score (nSPS) is 11.4. The van der Waals surface area contributed by atoms with Crippen molar-refractivity contribution in [1.29, 1.82) is 0 Å². The van der Waals surface area contributed by atoms with Crippen LogP contribution in [0, 0.1) is 20.8 Å². The Hall–Kier alpha value is -3.16. The summed E-state index contributed by atoms with van der Waals surface area (Å²) in [6.07, 6.45) is 1.66. The Bertz CT molecular complexity index is 925. The van der Waals surface area contributed by atoms with Crippen LogP contribution in [-0.4, -0.2) is 42.6 Å². The molecule has 0 unspecified atom stereocenters. The van der Waals surface area contributed by atoms with E-state index in [0.29, 0.717) is 24.1 Å². The molecule has 0 saturated carbocycles. The van der Waals surface area contributed by atoms with Gasteiger partial charge in [0.1, 0.15) is 0 Å². The molecule has 3 aromatic rings. The molecule has 0 fully saturated rings. The lowest BCUT2D eigenvalue weighted by atomic mass is 10.2. The van der Waals surface area contributed by atoms with Gasteiger partial charge in [0.2, 0.25) is 0 Å². The molecule has 0 spiro atoms. The van der Waals surface area contributed by atoms with E-state index in [9.17, 15) is 5.11 Å². The number of aromatic hydroxyl groups is 1. The highest BCUT2D eigenvalue weighted by atomic mass is 16.5. The molecule has 3 rings (SSSR count). The number of benzene rings is 1. The second-order valence-corrected chi connectivity index (χ2v) is 5.60. The van der Waals surface area contributed by atoms with E-state index in [2.05, 4.69) is 20.4 Å². The van der Waals surface area contributed by atoms with E-state index in [0.717, 1.165) is 17.0 Å². The largest absolute Gasteiger partial charge is 0.504 e. The van der Waals surface area contributed by atoms with Crippen molar-refractivity contribution < 1.29 is 9.84 Å². The first-order chi connectivity index (χ1) is 12.0. The van der Waals surface area contributed by atoms with Crippen molar-refractivity contribution in [1.82, 2.24) is 24.7 Å². The molecule has 130 valence electrons. The average molecular weight is 340 g/mol. The molecule has 0 saturated heterocycles. The van der Waals surface area contributed by atoms with Gasteiger partial charge in [0.15, 0.2) is 17.3 Å². The van der Waals surface area contributed by atoms with Gasteiger partial charge >= 0.3 is 0 Å². The van der Waals surface area contributed by atoms with Gasteiger partial charge in [-0.1, -0.05) is 0 Å². The number of nitrogens with zero attached hydrogens (tertiary/aromatic N) is 6. The van der Waals surface area contributed by atoms with E-state index in [1.807, 2.05) is 33.8 Å². The summed E-state index contributed by atoms with van der Waals surface area (Å²) < 4.78 is 8.71. The van der Waals surface area contributed by atoms with Crippen molar-refractivity contribution in [3.8, 4) is 17.4 Å². The summed E-state index contributed by atoms with van der Waals surface area (Å²) in [6, 6.07) is 7.02. The topological polar surface area (TPSA) is 90.4 Å². The minimum absolute atomic E-state index is 0.0998. The van der Waals surface area contributed by atoms with Crippen LogP contribution in [0.25, 0.3) is 5.95 Å². The maximum Gasteiger partial charge on any atom is 0.273 e. The summed E-state index contributed by atoms with van der Waals surface area (Å²) in [5.41, 5.74) is 2.63. The quantitative estimate of drug-likeness (QED) is 0.720. The fourth-order valence-corrected chi connectivity index (χ4v) is 2.45. The zero-order chi connectivity index (χ0) is 18.0. The number of ether oxygens (including phenoxy) is 1. The Labute approximate surface area is 145 Å². The predicted octanol–water partition coefficient (Wildman–Crippen LogP) is 2.38. The van der Waals surface area contributed by atoms with Crippen LogP contribution >= 0.6 is 0 Å². The molecule has 0 aliphatic carbocycles. The molecule has 0 radical (unpaired) electrons. The van der Waals surface area contributed by atoms with Crippen LogP contribution in [0.4, 0.5) is 0 Å². The number of aryl methyl sites for hydroxylation is 3. The highest BCUT2D eigenvalue weighted by Crippen LogP contribution is 2.26. The molecule has 0 amide bonds. The molecule has 8 nitrogen and oxygen atoms in total. The second kappa shape index (κ2) is 6.76. The monoisotopic (exact) mass is 340 g/mol. The lowest BCUT2D eigenvalue weighted by Gasteiger charge is -2.06. The summed E-state index contributed by atoms with van der Waals surface area (Å²) in [4.78, 5) is 0. The molecule has 2 heterocycles. The van der Waals surface area contributed by atoms with Gasteiger partial charge in [-0.15, -0.1) is 10.2 Å². The Kier molecular flexibility index (Phi) is 4.51. The number of aromatic nitrogens is 5. The van der Waals surface area contributed by atoms with Gasteiger partial charge in [-0.05, 0) is 57.5 Å². The minimum Gasteiger partial charge on any atom is -0.504 e. The highest BCUT2D eigenvalue weighted by Gasteiger charge is 2.13. The third-order valence-electron chi connectivity index (χ3n) is 3.59. The zero-order valence-electron chi connectivity index (χ0n) is 14.6. The molecule has 1 N–H and O–H groups in total. The molecular weight excluding hydrogens is 320 g/mol. The van der Waals surface area contributed by atoms with Gasteiger partial charge in [-0.3, -0.25) is 0 Å². The number of hydrogen-bond donors (Lipinski definition) is 1. The molecule has 0 bridgehead atoms. The van der Waals surface area contributed by atoms with E-state index in [1.54, 1.807) is 33.8 Å². The summed E-state index contributed by atoms with van der Waals surface area (Å²) in [6.45, 7) is 8.03. The van der Waals surface area contributed by atoms with E-state index in [-0.39, 0.29) is 5.75 Å². The molecule has 8 heteroatoms. The smallest absolute Gasteiger partial charge is 0.273 e. The fraction of sp³-hybridized carbons (Fsp3) is 0.294. The van der Waals surface area contributed by atoms with Crippen molar-refractivity contribution in [3.05, 3.63) is 47.0 Å². The van der Waals surface area contributed by atoms with Gasteiger partial charge in [0, 0.05) is 5.69 Å². The lowest BCUT2D eigenvalue weighted by Crippen LogP contribution is -2.08. The van der Waals surface area contributed by atoms with Crippen molar-refractivity contribution in [2.45, 2.75) is 27.7 Å². The van der Waals surface area contributed by atoms with Crippen LogP contribution < -0.4 is 4.74 Å². The summed E-state index contributed by atoms with van der Waals surface area (Å²) >= 11 is 0. The van der Waals surface area contributed by atoms with Crippen molar-refractivity contribution in [2.75, 3.05) is 6.61 Å². The number of phenolic OH excluding ortho intramolecular Hbond substituents is 1. The lowest BCUT2D eigenvalue weighted by molar-refractivity contribution is 0.318. The third-order valence-corrected chi connectivity index (χ3v) is 3.59. The van der Waals surface area contributed by atoms with Crippen LogP contribution in [-0.2, 0) is 0 Å². The van der Waals surface area contributed by atoms with Gasteiger partial charge in [0.25, 0.3) is 5.95 Å². The number of phenols is 1. The average Bonchev–Trinajstić information content (AvgIpc) is 3.10. The van der Waals surface area contributed by atoms with Crippen molar-refractivity contribution in [3.63, 3.8) is 0 Å². The van der Waals surface area contributed by atoms with E-state index >= 15 is 0 Å². The molecule has 2 aromatic heterocycles. The molecule has 25 heavy (non-hydrogen) atoms. The van der Waals surface area contributed by atoms with E-state index in [1.165, 1.54) is 0 Å². The maximum absolute atomic E-state index is 9.78. The Morgan fingerprint density at radius 1 is 1.20 bits per heavy atom. The van der Waals surface area contributed by atoms with Crippen LogP contribution in [0.2, 0.25) is 0 Å². The SMILES string of the molecule is CCOc1cc(/C=N/n2c(C)nnc2-n2nc(C)cc2C)ccc1O. The minimum atomic E-state index is 0.0998. The van der Waals surface area contributed by atoms with Crippen molar-refractivity contribution in [2.24, 2.45) is 5.10 Å². The first-order valence-corrected chi connectivity index (χ1v) is 7.95. The van der Waals surface area contributed by atoms with Gasteiger partial charge in [0.05, 0.1) is 18.5 Å².